The summed E-state index contributed by atoms with van der Waals surface area (Å²) in [6, 6.07) is 10.0. The van der Waals surface area contributed by atoms with E-state index in [9.17, 15) is 14.0 Å². The molecule has 5 nitrogen and oxygen atoms in total. The Morgan fingerprint density at radius 1 is 1.12 bits per heavy atom. The number of amides is 2. The van der Waals surface area contributed by atoms with Gasteiger partial charge in [0.05, 0.1) is 7.11 Å². The van der Waals surface area contributed by atoms with Crippen LogP contribution >= 0.6 is 23.2 Å². The van der Waals surface area contributed by atoms with Crippen molar-refractivity contribution in [3.8, 4) is 5.75 Å². The predicted molar refractivity (Wildman–Crippen MR) is 128 cm³/mol. The molecule has 2 aromatic rings. The highest BCUT2D eigenvalue weighted by Gasteiger charge is 2.34. The minimum absolute atomic E-state index is 0.0238. The topological polar surface area (TPSA) is 58.6 Å². The minimum Gasteiger partial charge on any atom is -0.497 e. The van der Waals surface area contributed by atoms with Crippen LogP contribution in [-0.2, 0) is 16.1 Å². The molecule has 33 heavy (non-hydrogen) atoms. The molecule has 0 spiro atoms. The number of benzene rings is 2. The van der Waals surface area contributed by atoms with Gasteiger partial charge in [0.15, 0.2) is 0 Å². The fourth-order valence-electron chi connectivity index (χ4n) is 4.21. The van der Waals surface area contributed by atoms with Crippen molar-refractivity contribution in [2.75, 3.05) is 13.0 Å². The van der Waals surface area contributed by atoms with E-state index in [1.54, 1.807) is 19.2 Å². The molecular formula is C25H29Cl2FN2O3. The SMILES string of the molecule is COc1ccc(CN(C(=O)CCl)[C@H](C(=O)NC2CCCCCC2)c2ccc(F)cc2Cl)cc1. The van der Waals surface area contributed by atoms with E-state index in [2.05, 4.69) is 5.32 Å². The molecule has 2 aromatic carbocycles. The molecule has 178 valence electrons. The van der Waals surface area contributed by atoms with Crippen molar-refractivity contribution < 1.29 is 18.7 Å². The number of carbonyl (C=O) groups is 2. The lowest BCUT2D eigenvalue weighted by atomic mass is 10.0. The molecule has 0 aliphatic heterocycles. The molecule has 8 heteroatoms. The molecule has 1 saturated carbocycles. The molecule has 1 N–H and O–H groups in total. The van der Waals surface area contributed by atoms with Crippen LogP contribution in [0.2, 0.25) is 5.02 Å². The van der Waals surface area contributed by atoms with Crippen LogP contribution in [0.3, 0.4) is 0 Å². The molecule has 0 saturated heterocycles. The number of nitrogens with zero attached hydrogens (tertiary/aromatic N) is 1. The Morgan fingerprint density at radius 2 is 1.79 bits per heavy atom. The summed E-state index contributed by atoms with van der Waals surface area (Å²) < 4.78 is 19.0. The maximum absolute atomic E-state index is 13.8. The molecule has 0 radical (unpaired) electrons. The Morgan fingerprint density at radius 3 is 2.36 bits per heavy atom. The van der Waals surface area contributed by atoms with Crippen molar-refractivity contribution in [2.24, 2.45) is 0 Å². The monoisotopic (exact) mass is 494 g/mol. The zero-order valence-electron chi connectivity index (χ0n) is 18.7. The molecule has 0 aromatic heterocycles. The predicted octanol–water partition coefficient (Wildman–Crippen LogP) is 5.64. The van der Waals surface area contributed by atoms with Gasteiger partial charge in [-0.2, -0.15) is 0 Å². The Bertz CT molecular complexity index is 947. The third-order valence-corrected chi connectivity index (χ3v) is 6.52. The van der Waals surface area contributed by atoms with Crippen LogP contribution in [0.1, 0.15) is 55.7 Å². The number of nitrogens with one attached hydrogen (secondary N) is 1. The quantitative estimate of drug-likeness (QED) is 0.381. The number of carbonyl (C=O) groups excluding carboxylic acids is 2. The molecule has 1 aliphatic carbocycles. The molecule has 0 heterocycles. The van der Waals surface area contributed by atoms with E-state index in [0.717, 1.165) is 50.2 Å². The second-order valence-corrected chi connectivity index (χ2v) is 8.94. The molecule has 1 fully saturated rings. The highest BCUT2D eigenvalue weighted by Crippen LogP contribution is 2.31. The smallest absolute Gasteiger partial charge is 0.247 e. The standard InChI is InChI=1S/C25H29Cl2FN2O3/c1-33-20-11-8-17(9-12-20)16-30(23(31)15-26)24(21-13-10-18(28)14-22(21)27)25(32)29-19-6-4-2-3-5-7-19/h8-14,19,24H,2-7,15-16H2,1H3,(H,29,32)/t24-/m0/s1. The summed E-state index contributed by atoms with van der Waals surface area (Å²) in [5.41, 5.74) is 1.15. The lowest BCUT2D eigenvalue weighted by Crippen LogP contribution is -2.46. The molecule has 1 aliphatic rings. The van der Waals surface area contributed by atoms with Crippen LogP contribution in [0.4, 0.5) is 4.39 Å². The highest BCUT2D eigenvalue weighted by molar-refractivity contribution is 6.31. The molecule has 0 unspecified atom stereocenters. The van der Waals surface area contributed by atoms with E-state index in [1.807, 2.05) is 12.1 Å². The Labute approximate surface area is 204 Å². The van der Waals surface area contributed by atoms with Crippen LogP contribution in [0, 0.1) is 5.82 Å². The van der Waals surface area contributed by atoms with Gasteiger partial charge in [0.2, 0.25) is 11.8 Å². The van der Waals surface area contributed by atoms with Crippen molar-refractivity contribution in [1.29, 1.82) is 0 Å². The van der Waals surface area contributed by atoms with Gasteiger partial charge in [0, 0.05) is 23.2 Å². The summed E-state index contributed by atoms with van der Waals surface area (Å²) in [4.78, 5) is 28.0. The minimum atomic E-state index is -1.05. The molecule has 3 rings (SSSR count). The first-order chi connectivity index (χ1) is 15.9. The van der Waals surface area contributed by atoms with E-state index in [0.29, 0.717) is 11.3 Å². The van der Waals surface area contributed by atoms with Crippen molar-refractivity contribution >= 4 is 35.0 Å². The normalized spacial score (nSPS) is 15.4. The largest absolute Gasteiger partial charge is 0.497 e. The second-order valence-electron chi connectivity index (χ2n) is 8.27. The van der Waals surface area contributed by atoms with Gasteiger partial charge < -0.3 is 15.0 Å². The molecule has 2 amide bonds. The summed E-state index contributed by atoms with van der Waals surface area (Å²) >= 11 is 12.3. The number of ether oxygens (including phenoxy) is 1. The zero-order valence-corrected chi connectivity index (χ0v) is 20.2. The van der Waals surface area contributed by atoms with Crippen molar-refractivity contribution in [2.45, 2.75) is 57.2 Å². The van der Waals surface area contributed by atoms with E-state index < -0.39 is 17.8 Å². The number of hydrogen-bond acceptors (Lipinski definition) is 3. The Balaban J connectivity index is 1.96. The third-order valence-electron chi connectivity index (χ3n) is 5.97. The van der Waals surface area contributed by atoms with E-state index >= 15 is 0 Å². The van der Waals surface area contributed by atoms with Crippen LogP contribution in [0.25, 0.3) is 0 Å². The summed E-state index contributed by atoms with van der Waals surface area (Å²) in [5, 5.41) is 3.20. The first kappa shape index (κ1) is 25.3. The second kappa shape index (κ2) is 12.2. The van der Waals surface area contributed by atoms with E-state index in [1.165, 1.54) is 17.0 Å². The van der Waals surface area contributed by atoms with Crippen molar-refractivity contribution in [3.05, 3.63) is 64.4 Å². The van der Waals surface area contributed by atoms with Crippen molar-refractivity contribution in [1.82, 2.24) is 10.2 Å². The average Bonchev–Trinajstić information content (AvgIpc) is 3.08. The van der Waals surface area contributed by atoms with Gasteiger partial charge >= 0.3 is 0 Å². The molecule has 1 atom stereocenters. The number of methoxy groups -OCH3 is 1. The van der Waals surface area contributed by atoms with Gasteiger partial charge in [0.1, 0.15) is 23.5 Å². The van der Waals surface area contributed by atoms with Gasteiger partial charge in [-0.15, -0.1) is 11.6 Å². The van der Waals surface area contributed by atoms with Crippen LogP contribution in [0.15, 0.2) is 42.5 Å². The Hall–Kier alpha value is -2.31. The summed E-state index contributed by atoms with van der Waals surface area (Å²) in [5.74, 6) is -0.908. The molecule has 0 bridgehead atoms. The lowest BCUT2D eigenvalue weighted by Gasteiger charge is -2.33. The Kier molecular flexibility index (Phi) is 9.39. The van der Waals surface area contributed by atoms with Crippen LogP contribution < -0.4 is 10.1 Å². The van der Waals surface area contributed by atoms with E-state index in [4.69, 9.17) is 27.9 Å². The first-order valence-electron chi connectivity index (χ1n) is 11.2. The fraction of sp³-hybridized carbons (Fsp3) is 0.440. The van der Waals surface area contributed by atoms with Crippen molar-refractivity contribution in [3.63, 3.8) is 0 Å². The highest BCUT2D eigenvalue weighted by atomic mass is 35.5. The maximum Gasteiger partial charge on any atom is 0.247 e. The number of rotatable bonds is 8. The lowest BCUT2D eigenvalue weighted by molar-refractivity contribution is -0.140. The van der Waals surface area contributed by atoms with Gasteiger partial charge in [-0.3, -0.25) is 9.59 Å². The number of halogens is 3. The van der Waals surface area contributed by atoms with E-state index in [-0.39, 0.29) is 29.4 Å². The fourth-order valence-corrected chi connectivity index (χ4v) is 4.63. The van der Waals surface area contributed by atoms with Gasteiger partial charge in [-0.1, -0.05) is 55.5 Å². The zero-order chi connectivity index (χ0) is 23.8. The summed E-state index contributed by atoms with van der Waals surface area (Å²) in [6.45, 7) is 0.131. The van der Waals surface area contributed by atoms with Gasteiger partial charge in [0.25, 0.3) is 0 Å². The third kappa shape index (κ3) is 6.84. The summed E-state index contributed by atoms with van der Waals surface area (Å²) in [6.07, 6.45) is 6.16. The van der Waals surface area contributed by atoms with Crippen LogP contribution in [0.5, 0.6) is 5.75 Å². The average molecular weight is 495 g/mol. The number of hydrogen-bond donors (Lipinski definition) is 1. The molecular weight excluding hydrogens is 466 g/mol. The van der Waals surface area contributed by atoms with Crippen LogP contribution in [-0.4, -0.2) is 35.7 Å². The summed E-state index contributed by atoms with van der Waals surface area (Å²) in [7, 11) is 1.57. The maximum atomic E-state index is 13.8. The van der Waals surface area contributed by atoms with Gasteiger partial charge in [-0.05, 0) is 42.7 Å². The van der Waals surface area contributed by atoms with Gasteiger partial charge in [-0.25, -0.2) is 4.39 Å². The number of alkyl halides is 1. The first-order valence-corrected chi connectivity index (χ1v) is 12.1.